The Labute approximate surface area is 160 Å². The molecule has 2 amide bonds. The second-order valence-corrected chi connectivity index (χ2v) is 6.31. The smallest absolute Gasteiger partial charge is 0.280 e. The minimum atomic E-state index is -0.649. The van der Waals surface area contributed by atoms with Gasteiger partial charge in [-0.15, -0.1) is 5.10 Å². The molecule has 0 spiro atoms. The number of amides is 2. The first-order valence-corrected chi connectivity index (χ1v) is 8.46. The summed E-state index contributed by atoms with van der Waals surface area (Å²) in [6, 6.07) is 11.1. The van der Waals surface area contributed by atoms with Crippen LogP contribution in [0.3, 0.4) is 0 Å². The molecule has 0 atom stereocenters. The number of carbonyl (C=O) groups excluding carboxylic acids is 2. The Morgan fingerprint density at radius 1 is 1.14 bits per heavy atom. The van der Waals surface area contributed by atoms with Crippen LogP contribution in [0.2, 0.25) is 0 Å². The van der Waals surface area contributed by atoms with E-state index in [0.717, 1.165) is 21.9 Å². The summed E-state index contributed by atoms with van der Waals surface area (Å²) >= 11 is 0. The zero-order chi connectivity index (χ0) is 20.3. The summed E-state index contributed by atoms with van der Waals surface area (Å²) in [4.78, 5) is 24.6. The molecule has 3 aromatic rings. The summed E-state index contributed by atoms with van der Waals surface area (Å²) in [7, 11) is 0. The molecular weight excluding hydrogens is 363 g/mol. The number of anilines is 3. The van der Waals surface area contributed by atoms with Gasteiger partial charge in [0.1, 0.15) is 12.4 Å². The number of nitrogens with two attached hydrogens (primary N) is 1. The topological polar surface area (TPSA) is 115 Å². The molecular formula is C19H19FN6O2. The van der Waals surface area contributed by atoms with Gasteiger partial charge < -0.3 is 16.4 Å². The van der Waals surface area contributed by atoms with Crippen molar-refractivity contribution in [3.63, 3.8) is 0 Å². The monoisotopic (exact) mass is 382 g/mol. The van der Waals surface area contributed by atoms with Crippen molar-refractivity contribution in [1.82, 2.24) is 15.0 Å². The van der Waals surface area contributed by atoms with Gasteiger partial charge in [0.25, 0.3) is 5.91 Å². The number of hydrogen-bond donors (Lipinski definition) is 3. The molecule has 1 heterocycles. The first-order chi connectivity index (χ1) is 13.3. The van der Waals surface area contributed by atoms with Gasteiger partial charge in [0.15, 0.2) is 11.5 Å². The molecule has 0 fully saturated rings. The van der Waals surface area contributed by atoms with Crippen LogP contribution in [0.4, 0.5) is 21.6 Å². The van der Waals surface area contributed by atoms with Crippen LogP contribution in [0.25, 0.3) is 0 Å². The average molecular weight is 382 g/mol. The van der Waals surface area contributed by atoms with E-state index in [9.17, 15) is 14.0 Å². The highest BCUT2D eigenvalue weighted by Crippen LogP contribution is 2.17. The number of rotatable bonds is 5. The Morgan fingerprint density at radius 2 is 1.93 bits per heavy atom. The van der Waals surface area contributed by atoms with Crippen LogP contribution in [0.5, 0.6) is 0 Å². The van der Waals surface area contributed by atoms with Crippen molar-refractivity contribution in [3.05, 3.63) is 65.1 Å². The lowest BCUT2D eigenvalue weighted by Gasteiger charge is -2.10. The molecule has 1 aromatic heterocycles. The number of hydrogen-bond acceptors (Lipinski definition) is 5. The van der Waals surface area contributed by atoms with Crippen molar-refractivity contribution >= 4 is 29.0 Å². The first kappa shape index (κ1) is 19.0. The van der Waals surface area contributed by atoms with Crippen LogP contribution in [-0.4, -0.2) is 26.8 Å². The van der Waals surface area contributed by atoms with E-state index in [4.69, 9.17) is 5.73 Å². The fourth-order valence-electron chi connectivity index (χ4n) is 2.55. The highest BCUT2D eigenvalue weighted by molar-refractivity contribution is 6.05. The number of carbonyl (C=O) groups is 2. The second kappa shape index (κ2) is 7.87. The number of aryl methyl sites for hydroxylation is 2. The van der Waals surface area contributed by atoms with Gasteiger partial charge in [0.05, 0.1) is 0 Å². The van der Waals surface area contributed by atoms with Crippen molar-refractivity contribution in [1.29, 1.82) is 0 Å². The third-order valence-electron chi connectivity index (χ3n) is 4.03. The molecule has 0 radical (unpaired) electrons. The molecule has 4 N–H and O–H groups in total. The zero-order valence-corrected chi connectivity index (χ0v) is 15.4. The zero-order valence-electron chi connectivity index (χ0n) is 15.4. The van der Waals surface area contributed by atoms with Crippen molar-refractivity contribution in [2.24, 2.45) is 0 Å². The fraction of sp³-hybridized carbons (Fsp3) is 0.158. The van der Waals surface area contributed by atoms with Gasteiger partial charge in [-0.1, -0.05) is 23.4 Å². The maximum absolute atomic E-state index is 13.2. The van der Waals surface area contributed by atoms with Crippen molar-refractivity contribution in [3.8, 4) is 0 Å². The predicted molar refractivity (Wildman–Crippen MR) is 103 cm³/mol. The number of halogens is 1. The minimum absolute atomic E-state index is 0.0648. The van der Waals surface area contributed by atoms with E-state index >= 15 is 0 Å². The summed E-state index contributed by atoms with van der Waals surface area (Å²) in [5.74, 6) is -1.56. The summed E-state index contributed by atoms with van der Waals surface area (Å²) in [6.45, 7) is 3.60. The van der Waals surface area contributed by atoms with Crippen LogP contribution < -0.4 is 16.4 Å². The van der Waals surface area contributed by atoms with E-state index < -0.39 is 11.7 Å². The van der Waals surface area contributed by atoms with Gasteiger partial charge >= 0.3 is 0 Å². The first-order valence-electron chi connectivity index (χ1n) is 8.46. The second-order valence-electron chi connectivity index (χ2n) is 6.31. The minimum Gasteiger partial charge on any atom is -0.382 e. The van der Waals surface area contributed by atoms with E-state index in [0.29, 0.717) is 5.69 Å². The highest BCUT2D eigenvalue weighted by atomic mass is 19.1. The van der Waals surface area contributed by atoms with Crippen LogP contribution in [0, 0.1) is 19.7 Å². The Morgan fingerprint density at radius 3 is 2.68 bits per heavy atom. The summed E-state index contributed by atoms with van der Waals surface area (Å²) in [6.07, 6.45) is 0. The normalized spacial score (nSPS) is 10.5. The maximum atomic E-state index is 13.2. The van der Waals surface area contributed by atoms with Crippen LogP contribution in [0.15, 0.2) is 42.5 Å². The summed E-state index contributed by atoms with van der Waals surface area (Å²) in [5, 5.41) is 12.8. The molecule has 0 saturated carbocycles. The van der Waals surface area contributed by atoms with Gasteiger partial charge in [-0.3, -0.25) is 9.59 Å². The van der Waals surface area contributed by atoms with Crippen LogP contribution in [0.1, 0.15) is 21.6 Å². The average Bonchev–Trinajstić information content (AvgIpc) is 2.99. The van der Waals surface area contributed by atoms with E-state index in [1.807, 2.05) is 32.0 Å². The number of aromatic nitrogens is 3. The molecule has 0 bridgehead atoms. The Hall–Kier alpha value is -3.75. The Bertz CT molecular complexity index is 1050. The SMILES string of the molecule is Cc1ccc(C)c(NC(=O)Cn2nnc(C(=O)Nc3cccc(F)c3)c2N)c1. The van der Waals surface area contributed by atoms with Gasteiger partial charge in [0.2, 0.25) is 5.91 Å². The highest BCUT2D eigenvalue weighted by Gasteiger charge is 2.19. The fourth-order valence-corrected chi connectivity index (χ4v) is 2.55. The molecule has 2 aromatic carbocycles. The molecule has 8 nitrogen and oxygen atoms in total. The number of benzene rings is 2. The lowest BCUT2D eigenvalue weighted by Crippen LogP contribution is -2.22. The third kappa shape index (κ3) is 4.32. The molecule has 0 aliphatic heterocycles. The lowest BCUT2D eigenvalue weighted by molar-refractivity contribution is -0.116. The van der Waals surface area contributed by atoms with Gasteiger partial charge in [0, 0.05) is 11.4 Å². The molecule has 0 aliphatic carbocycles. The predicted octanol–water partition coefficient (Wildman–Crippen LogP) is 2.51. The van der Waals surface area contributed by atoms with Crippen molar-refractivity contribution in [2.75, 3.05) is 16.4 Å². The van der Waals surface area contributed by atoms with Crippen molar-refractivity contribution < 1.29 is 14.0 Å². The Balaban J connectivity index is 1.69. The summed E-state index contributed by atoms with van der Waals surface area (Å²) in [5.41, 5.74) is 8.63. The summed E-state index contributed by atoms with van der Waals surface area (Å²) < 4.78 is 14.4. The number of nitrogens with zero attached hydrogens (tertiary/aromatic N) is 3. The number of nitrogens with one attached hydrogen (secondary N) is 2. The third-order valence-corrected chi connectivity index (χ3v) is 4.03. The van der Waals surface area contributed by atoms with Crippen LogP contribution in [-0.2, 0) is 11.3 Å². The largest absolute Gasteiger partial charge is 0.382 e. The van der Waals surface area contributed by atoms with Gasteiger partial charge in [-0.05, 0) is 49.2 Å². The van der Waals surface area contributed by atoms with E-state index in [2.05, 4.69) is 20.9 Å². The molecule has 0 saturated heterocycles. The molecule has 0 aliphatic rings. The quantitative estimate of drug-likeness (QED) is 0.627. The Kier molecular flexibility index (Phi) is 5.35. The maximum Gasteiger partial charge on any atom is 0.280 e. The lowest BCUT2D eigenvalue weighted by atomic mass is 10.1. The molecule has 9 heteroatoms. The van der Waals surface area contributed by atoms with Crippen molar-refractivity contribution in [2.45, 2.75) is 20.4 Å². The molecule has 3 rings (SSSR count). The molecule has 144 valence electrons. The van der Waals surface area contributed by atoms with Gasteiger partial charge in [-0.25, -0.2) is 9.07 Å². The molecule has 0 unspecified atom stereocenters. The molecule has 28 heavy (non-hydrogen) atoms. The van der Waals surface area contributed by atoms with E-state index in [1.54, 1.807) is 0 Å². The standard InChI is InChI=1S/C19H19FN6O2/c1-11-6-7-12(2)15(8-11)23-16(27)10-26-18(21)17(24-25-26)19(28)22-14-5-3-4-13(20)9-14/h3-9H,10,21H2,1-2H3,(H,22,28)(H,23,27). The van der Waals surface area contributed by atoms with E-state index in [1.165, 1.54) is 18.2 Å². The van der Waals surface area contributed by atoms with E-state index in [-0.39, 0.29) is 29.7 Å². The number of nitrogen functional groups attached to an aromatic ring is 1. The van der Waals surface area contributed by atoms with Crippen LogP contribution >= 0.6 is 0 Å². The van der Waals surface area contributed by atoms with Gasteiger partial charge in [-0.2, -0.15) is 0 Å².